The highest BCUT2D eigenvalue weighted by Gasteiger charge is 2.53. The molecule has 2 fully saturated rings. The second kappa shape index (κ2) is 7.89. The third-order valence-electron chi connectivity index (χ3n) is 6.56. The lowest BCUT2D eigenvalue weighted by Crippen LogP contribution is -2.69. The van der Waals surface area contributed by atoms with E-state index in [0.29, 0.717) is 18.6 Å². The summed E-state index contributed by atoms with van der Waals surface area (Å²) in [4.78, 5) is 15.3. The zero-order valence-corrected chi connectivity index (χ0v) is 17.2. The Morgan fingerprint density at radius 2 is 2.00 bits per heavy atom. The van der Waals surface area contributed by atoms with E-state index in [2.05, 4.69) is 22.2 Å². The van der Waals surface area contributed by atoms with E-state index in [4.69, 9.17) is 4.74 Å². The summed E-state index contributed by atoms with van der Waals surface area (Å²) in [5, 5.41) is 18.6. The van der Waals surface area contributed by atoms with Crippen molar-refractivity contribution in [2.45, 2.75) is 50.4 Å². The van der Waals surface area contributed by atoms with Gasteiger partial charge in [-0.25, -0.2) is 4.68 Å². The van der Waals surface area contributed by atoms with Gasteiger partial charge in [0.05, 0.1) is 16.8 Å². The van der Waals surface area contributed by atoms with Crippen LogP contribution in [0.3, 0.4) is 0 Å². The van der Waals surface area contributed by atoms with Gasteiger partial charge in [0.15, 0.2) is 0 Å². The van der Waals surface area contributed by atoms with Crippen LogP contribution in [0.1, 0.15) is 43.5 Å². The summed E-state index contributed by atoms with van der Waals surface area (Å²) in [6, 6.07) is 9.17. The van der Waals surface area contributed by atoms with Crippen LogP contribution in [-0.4, -0.2) is 69.2 Å². The molecule has 1 amide bonds. The van der Waals surface area contributed by atoms with Gasteiger partial charge in [-0.1, -0.05) is 6.92 Å². The molecule has 1 aromatic heterocycles. The number of ether oxygens (including phenoxy) is 1. The molecule has 2 atom stereocenters. The fourth-order valence-corrected chi connectivity index (χ4v) is 4.58. The Balaban J connectivity index is 1.46. The molecule has 7 nitrogen and oxygen atoms in total. The summed E-state index contributed by atoms with van der Waals surface area (Å²) in [6.45, 7) is 7.45. The molecular weight excluding hydrogens is 368 g/mol. The van der Waals surface area contributed by atoms with Gasteiger partial charge in [-0.05, 0) is 63.1 Å². The Morgan fingerprint density at radius 3 is 2.62 bits per heavy atom. The predicted octanol–water partition coefficient (Wildman–Crippen LogP) is 2.00. The first-order valence-electron chi connectivity index (χ1n) is 10.4. The first-order chi connectivity index (χ1) is 14.0. The van der Waals surface area contributed by atoms with Crippen molar-refractivity contribution in [1.82, 2.24) is 20.0 Å². The number of nitrogens with zero attached hydrogens (tertiary/aromatic N) is 3. The van der Waals surface area contributed by atoms with Crippen molar-refractivity contribution in [2.75, 3.05) is 26.2 Å². The number of rotatable bonds is 4. The molecule has 0 saturated carbocycles. The van der Waals surface area contributed by atoms with Crippen LogP contribution in [0.2, 0.25) is 0 Å². The molecule has 0 radical (unpaired) electrons. The van der Waals surface area contributed by atoms with Crippen molar-refractivity contribution < 1.29 is 14.6 Å². The molecule has 2 aliphatic heterocycles. The lowest BCUT2D eigenvalue weighted by molar-refractivity contribution is -0.205. The summed E-state index contributed by atoms with van der Waals surface area (Å²) >= 11 is 0. The van der Waals surface area contributed by atoms with Crippen molar-refractivity contribution in [1.29, 1.82) is 0 Å². The molecule has 29 heavy (non-hydrogen) atoms. The maximum absolute atomic E-state index is 12.9. The molecular formula is C22H30N4O3. The van der Waals surface area contributed by atoms with Gasteiger partial charge in [-0.3, -0.25) is 4.79 Å². The van der Waals surface area contributed by atoms with Gasteiger partial charge < -0.3 is 20.1 Å². The minimum atomic E-state index is -0.741. The van der Waals surface area contributed by atoms with E-state index < -0.39 is 17.2 Å². The van der Waals surface area contributed by atoms with E-state index >= 15 is 0 Å². The minimum Gasteiger partial charge on any atom is -0.388 e. The Morgan fingerprint density at radius 1 is 1.28 bits per heavy atom. The number of carbonyl (C=O) groups is 1. The van der Waals surface area contributed by atoms with Crippen LogP contribution in [0.5, 0.6) is 0 Å². The number of aliphatic hydroxyl groups is 1. The molecule has 0 aliphatic carbocycles. The topological polar surface area (TPSA) is 79.6 Å². The summed E-state index contributed by atoms with van der Waals surface area (Å²) in [5.41, 5.74) is 0.168. The SMILES string of the molecule is CCN1CCC2(CC1)OCC[C@](C)(NC(=O)c1ccc(-n3cccn3)cc1)[C@H]2O. The maximum Gasteiger partial charge on any atom is 0.251 e. The van der Waals surface area contributed by atoms with Gasteiger partial charge in [0.25, 0.3) is 5.91 Å². The lowest BCUT2D eigenvalue weighted by atomic mass is 9.73. The number of hydrogen-bond donors (Lipinski definition) is 2. The largest absolute Gasteiger partial charge is 0.388 e. The fraction of sp³-hybridized carbons (Fsp3) is 0.545. The first-order valence-corrected chi connectivity index (χ1v) is 10.4. The van der Waals surface area contributed by atoms with Crippen LogP contribution in [-0.2, 0) is 4.74 Å². The monoisotopic (exact) mass is 398 g/mol. The second-order valence-corrected chi connectivity index (χ2v) is 8.37. The Hall–Kier alpha value is -2.22. The average molecular weight is 399 g/mol. The number of piperidine rings is 1. The molecule has 2 aliphatic rings. The number of carbonyl (C=O) groups excluding carboxylic acids is 1. The number of aromatic nitrogens is 2. The van der Waals surface area contributed by atoms with Crippen LogP contribution in [0.4, 0.5) is 0 Å². The van der Waals surface area contributed by atoms with Crippen LogP contribution in [0.15, 0.2) is 42.7 Å². The number of aliphatic hydroxyl groups excluding tert-OH is 1. The highest BCUT2D eigenvalue weighted by Crippen LogP contribution is 2.40. The molecule has 2 saturated heterocycles. The van der Waals surface area contributed by atoms with E-state index in [0.717, 1.165) is 38.2 Å². The number of hydrogen-bond acceptors (Lipinski definition) is 5. The van der Waals surface area contributed by atoms with Crippen LogP contribution >= 0.6 is 0 Å². The van der Waals surface area contributed by atoms with Gasteiger partial charge in [0.1, 0.15) is 6.10 Å². The van der Waals surface area contributed by atoms with Crippen molar-refractivity contribution in [3.63, 3.8) is 0 Å². The first kappa shape index (κ1) is 20.1. The van der Waals surface area contributed by atoms with Crippen molar-refractivity contribution in [3.05, 3.63) is 48.3 Å². The summed E-state index contributed by atoms with van der Waals surface area (Å²) in [7, 11) is 0. The van der Waals surface area contributed by atoms with E-state index in [-0.39, 0.29) is 5.91 Å². The minimum absolute atomic E-state index is 0.179. The quantitative estimate of drug-likeness (QED) is 0.824. The van der Waals surface area contributed by atoms with Gasteiger partial charge in [-0.15, -0.1) is 0 Å². The molecule has 0 bridgehead atoms. The summed E-state index contributed by atoms with van der Waals surface area (Å²) in [5.74, 6) is -0.179. The predicted molar refractivity (Wildman–Crippen MR) is 110 cm³/mol. The third-order valence-corrected chi connectivity index (χ3v) is 6.56. The Kier molecular flexibility index (Phi) is 5.46. The number of benzene rings is 1. The van der Waals surface area contributed by atoms with Crippen molar-refractivity contribution in [2.24, 2.45) is 0 Å². The standard InChI is InChI=1S/C22H30N4O3/c1-3-25-14-9-22(10-15-25)20(28)21(2,11-16-29-22)24-19(27)17-5-7-18(8-6-17)26-13-4-12-23-26/h4-8,12-13,20,28H,3,9-11,14-16H2,1-2H3,(H,24,27)/t20-,21+/m1/s1. The molecule has 2 N–H and O–H groups in total. The number of likely N-dealkylation sites (tertiary alicyclic amines) is 1. The van der Waals surface area contributed by atoms with Crippen LogP contribution < -0.4 is 5.32 Å². The number of nitrogens with one attached hydrogen (secondary N) is 1. The van der Waals surface area contributed by atoms with E-state index in [1.54, 1.807) is 23.0 Å². The third kappa shape index (κ3) is 3.82. The highest BCUT2D eigenvalue weighted by atomic mass is 16.5. The zero-order valence-electron chi connectivity index (χ0n) is 17.2. The van der Waals surface area contributed by atoms with Gasteiger partial charge in [0, 0.05) is 37.7 Å². The van der Waals surface area contributed by atoms with E-state index in [1.165, 1.54) is 0 Å². The van der Waals surface area contributed by atoms with Crippen molar-refractivity contribution in [3.8, 4) is 5.69 Å². The number of amides is 1. The summed E-state index contributed by atoms with van der Waals surface area (Å²) in [6.07, 6.45) is 4.99. The van der Waals surface area contributed by atoms with Crippen molar-refractivity contribution >= 4 is 5.91 Å². The molecule has 7 heteroatoms. The molecule has 1 spiro atoms. The molecule has 4 rings (SSSR count). The molecule has 0 unspecified atom stereocenters. The van der Waals surface area contributed by atoms with E-state index in [1.807, 2.05) is 31.3 Å². The molecule has 3 heterocycles. The smallest absolute Gasteiger partial charge is 0.251 e. The van der Waals surface area contributed by atoms with Gasteiger partial charge in [0.2, 0.25) is 0 Å². The van der Waals surface area contributed by atoms with Crippen LogP contribution in [0.25, 0.3) is 5.69 Å². The lowest BCUT2D eigenvalue weighted by Gasteiger charge is -2.53. The summed E-state index contributed by atoms with van der Waals surface area (Å²) < 4.78 is 7.86. The second-order valence-electron chi connectivity index (χ2n) is 8.37. The fourth-order valence-electron chi connectivity index (χ4n) is 4.58. The van der Waals surface area contributed by atoms with E-state index in [9.17, 15) is 9.90 Å². The highest BCUT2D eigenvalue weighted by molar-refractivity contribution is 5.94. The average Bonchev–Trinajstić information content (AvgIpc) is 3.28. The Bertz CT molecular complexity index is 828. The van der Waals surface area contributed by atoms with Gasteiger partial charge >= 0.3 is 0 Å². The van der Waals surface area contributed by atoms with Crippen LogP contribution in [0, 0.1) is 0 Å². The Labute approximate surface area is 171 Å². The molecule has 2 aromatic rings. The van der Waals surface area contributed by atoms with Gasteiger partial charge in [-0.2, -0.15) is 5.10 Å². The molecule has 1 aromatic carbocycles. The normalized spacial score (nSPS) is 27.1. The molecule has 156 valence electrons. The zero-order chi connectivity index (χ0) is 20.5. The maximum atomic E-state index is 12.9.